The maximum atomic E-state index is 11.6. The van der Waals surface area contributed by atoms with Gasteiger partial charge in [0.25, 0.3) is 0 Å². The number of aryl methyl sites for hydroxylation is 1. The van der Waals surface area contributed by atoms with Crippen LogP contribution in [-0.4, -0.2) is 37.0 Å². The van der Waals surface area contributed by atoms with Gasteiger partial charge in [-0.15, -0.1) is 35.3 Å². The molecule has 0 aliphatic carbocycles. The molecule has 0 aromatic carbocycles. The van der Waals surface area contributed by atoms with E-state index in [9.17, 15) is 4.79 Å². The number of guanidine groups is 1. The lowest BCUT2D eigenvalue weighted by Gasteiger charge is -2.33. The number of anilines is 1. The topological polar surface area (TPSA) is 95.6 Å². The molecule has 1 unspecified atom stereocenters. The van der Waals surface area contributed by atoms with E-state index in [2.05, 4.69) is 50.6 Å². The van der Waals surface area contributed by atoms with E-state index in [1.54, 1.807) is 24.6 Å². The highest BCUT2D eigenvalue weighted by molar-refractivity contribution is 14.0. The minimum Gasteiger partial charge on any atom is -0.369 e. The van der Waals surface area contributed by atoms with Gasteiger partial charge in [0.05, 0.1) is 12.5 Å². The van der Waals surface area contributed by atoms with Gasteiger partial charge in [0, 0.05) is 48.2 Å². The van der Waals surface area contributed by atoms with Gasteiger partial charge in [-0.1, -0.05) is 6.07 Å². The summed E-state index contributed by atoms with van der Waals surface area (Å²) in [5, 5.41) is 6.71. The first-order valence-corrected chi connectivity index (χ1v) is 10.4. The van der Waals surface area contributed by atoms with E-state index < -0.39 is 0 Å². The predicted octanol–water partition coefficient (Wildman–Crippen LogP) is 2.64. The highest BCUT2D eigenvalue weighted by atomic mass is 127. The average molecular weight is 528 g/mol. The molecular formula is C20H29IN6OS. The van der Waals surface area contributed by atoms with Crippen LogP contribution in [0.15, 0.2) is 35.5 Å². The number of primary amides is 1. The molecule has 158 valence electrons. The van der Waals surface area contributed by atoms with Gasteiger partial charge in [-0.3, -0.25) is 9.79 Å². The molecule has 1 aliphatic heterocycles. The van der Waals surface area contributed by atoms with Crippen molar-refractivity contribution in [2.24, 2.45) is 16.6 Å². The van der Waals surface area contributed by atoms with Gasteiger partial charge in [0.1, 0.15) is 5.82 Å². The van der Waals surface area contributed by atoms with E-state index in [0.717, 1.165) is 43.3 Å². The molecule has 9 heteroatoms. The maximum Gasteiger partial charge on any atom is 0.222 e. The number of hydrogen-bond donors (Lipinski definition) is 3. The summed E-state index contributed by atoms with van der Waals surface area (Å²) in [4.78, 5) is 25.2. The third kappa shape index (κ3) is 6.56. The number of aliphatic imine (C=N–C) groups is 1. The van der Waals surface area contributed by atoms with Crippen LogP contribution in [-0.2, 0) is 17.9 Å². The fraction of sp³-hybridized carbons (Fsp3) is 0.450. The standard InChI is InChI=1S/C20H28N6OS.HI/c1-14-7-8-17(28-14)12-25-20(22-2)24-11-15-5-3-9-23-19(15)26-10-4-6-16(13-26)18(21)27;/h3,5,7-9,16H,4,6,10-13H2,1-2H3,(H2,21,27)(H2,22,24,25);1H. The summed E-state index contributed by atoms with van der Waals surface area (Å²) >= 11 is 1.78. The van der Waals surface area contributed by atoms with E-state index in [0.29, 0.717) is 13.1 Å². The van der Waals surface area contributed by atoms with Crippen LogP contribution in [0.4, 0.5) is 5.82 Å². The molecule has 4 N–H and O–H groups in total. The van der Waals surface area contributed by atoms with Gasteiger partial charge < -0.3 is 21.3 Å². The number of amides is 1. The monoisotopic (exact) mass is 528 g/mol. The third-order valence-electron chi connectivity index (χ3n) is 4.89. The van der Waals surface area contributed by atoms with Crippen molar-refractivity contribution in [1.82, 2.24) is 15.6 Å². The van der Waals surface area contributed by atoms with Crippen molar-refractivity contribution in [3.05, 3.63) is 45.8 Å². The van der Waals surface area contributed by atoms with Gasteiger partial charge >= 0.3 is 0 Å². The molecule has 3 heterocycles. The van der Waals surface area contributed by atoms with Gasteiger partial charge in [-0.05, 0) is 38.0 Å². The number of hydrogen-bond acceptors (Lipinski definition) is 5. The number of thiophene rings is 1. The number of carbonyl (C=O) groups is 1. The van der Waals surface area contributed by atoms with Crippen molar-refractivity contribution >= 4 is 53.0 Å². The molecule has 29 heavy (non-hydrogen) atoms. The van der Waals surface area contributed by atoms with Crippen LogP contribution in [0.5, 0.6) is 0 Å². The van der Waals surface area contributed by atoms with Crippen LogP contribution >= 0.6 is 35.3 Å². The van der Waals surface area contributed by atoms with Crippen LogP contribution in [0.2, 0.25) is 0 Å². The van der Waals surface area contributed by atoms with Gasteiger partial charge in [-0.2, -0.15) is 0 Å². The molecule has 2 aromatic heterocycles. The number of pyridine rings is 1. The Morgan fingerprint density at radius 2 is 2.14 bits per heavy atom. The van der Waals surface area contributed by atoms with Gasteiger partial charge in [0.2, 0.25) is 5.91 Å². The van der Waals surface area contributed by atoms with E-state index in [1.807, 2.05) is 6.07 Å². The number of carbonyl (C=O) groups excluding carboxylic acids is 1. The molecule has 0 saturated carbocycles. The van der Waals surface area contributed by atoms with Crippen molar-refractivity contribution in [3.63, 3.8) is 0 Å². The molecule has 1 fully saturated rings. The van der Waals surface area contributed by atoms with Gasteiger partial charge in [0.15, 0.2) is 5.96 Å². The molecule has 2 aromatic rings. The molecule has 1 saturated heterocycles. The smallest absolute Gasteiger partial charge is 0.222 e. The first kappa shape index (κ1) is 23.4. The first-order valence-electron chi connectivity index (χ1n) is 9.55. The average Bonchev–Trinajstić information content (AvgIpc) is 3.13. The van der Waals surface area contributed by atoms with Crippen LogP contribution in [0.1, 0.15) is 28.2 Å². The number of piperidine rings is 1. The van der Waals surface area contributed by atoms with E-state index >= 15 is 0 Å². The van der Waals surface area contributed by atoms with Crippen LogP contribution in [0.25, 0.3) is 0 Å². The highest BCUT2D eigenvalue weighted by Crippen LogP contribution is 2.24. The first-order chi connectivity index (χ1) is 13.6. The molecule has 1 aliphatic rings. The highest BCUT2D eigenvalue weighted by Gasteiger charge is 2.25. The Hall–Kier alpha value is -1.88. The minimum absolute atomic E-state index is 0. The lowest BCUT2D eigenvalue weighted by molar-refractivity contribution is -0.122. The second-order valence-electron chi connectivity index (χ2n) is 6.97. The zero-order valence-electron chi connectivity index (χ0n) is 16.9. The lowest BCUT2D eigenvalue weighted by atomic mass is 9.97. The number of nitrogens with one attached hydrogen (secondary N) is 2. The predicted molar refractivity (Wildman–Crippen MR) is 130 cm³/mol. The summed E-state index contributed by atoms with van der Waals surface area (Å²) in [6.07, 6.45) is 3.59. The lowest BCUT2D eigenvalue weighted by Crippen LogP contribution is -2.42. The van der Waals surface area contributed by atoms with Crippen molar-refractivity contribution in [3.8, 4) is 0 Å². The quantitative estimate of drug-likeness (QED) is 0.305. The summed E-state index contributed by atoms with van der Waals surface area (Å²) in [7, 11) is 1.77. The Morgan fingerprint density at radius 1 is 1.34 bits per heavy atom. The van der Waals surface area contributed by atoms with Crippen molar-refractivity contribution in [2.45, 2.75) is 32.9 Å². The zero-order valence-corrected chi connectivity index (χ0v) is 20.0. The van der Waals surface area contributed by atoms with Crippen molar-refractivity contribution in [2.75, 3.05) is 25.0 Å². The summed E-state index contributed by atoms with van der Waals surface area (Å²) < 4.78 is 0. The van der Waals surface area contributed by atoms with E-state index in [-0.39, 0.29) is 35.8 Å². The van der Waals surface area contributed by atoms with Crippen molar-refractivity contribution in [1.29, 1.82) is 0 Å². The van der Waals surface area contributed by atoms with E-state index in [4.69, 9.17) is 5.73 Å². The van der Waals surface area contributed by atoms with Crippen LogP contribution in [0, 0.1) is 12.8 Å². The Kier molecular flexibility index (Phi) is 9.15. The summed E-state index contributed by atoms with van der Waals surface area (Å²) in [5.41, 5.74) is 6.60. The maximum absolute atomic E-state index is 11.6. The number of halogens is 1. The fourth-order valence-corrected chi connectivity index (χ4v) is 4.24. The summed E-state index contributed by atoms with van der Waals surface area (Å²) in [6.45, 7) is 4.96. The second kappa shape index (κ2) is 11.3. The Morgan fingerprint density at radius 3 is 2.83 bits per heavy atom. The molecule has 1 amide bonds. The molecular weight excluding hydrogens is 499 g/mol. The molecule has 7 nitrogen and oxygen atoms in total. The van der Waals surface area contributed by atoms with Crippen molar-refractivity contribution < 1.29 is 4.79 Å². The van der Waals surface area contributed by atoms with Crippen LogP contribution < -0.4 is 21.3 Å². The largest absolute Gasteiger partial charge is 0.369 e. The molecule has 0 radical (unpaired) electrons. The molecule has 0 bridgehead atoms. The van der Waals surface area contributed by atoms with Gasteiger partial charge in [-0.25, -0.2) is 4.98 Å². The Labute approximate surface area is 193 Å². The molecule has 3 rings (SSSR count). The van der Waals surface area contributed by atoms with Crippen LogP contribution in [0.3, 0.4) is 0 Å². The fourth-order valence-electron chi connectivity index (χ4n) is 3.41. The minimum atomic E-state index is -0.228. The third-order valence-corrected chi connectivity index (χ3v) is 5.89. The number of nitrogens with zero attached hydrogens (tertiary/aromatic N) is 3. The number of rotatable bonds is 6. The molecule has 0 spiro atoms. The SMILES string of the molecule is CN=C(NCc1ccc(C)s1)NCc1cccnc1N1CCCC(C(N)=O)C1.I. The summed E-state index contributed by atoms with van der Waals surface area (Å²) in [6, 6.07) is 8.24. The zero-order chi connectivity index (χ0) is 19.9. The Bertz CT molecular complexity index is 840. The van der Waals surface area contributed by atoms with E-state index in [1.165, 1.54) is 9.75 Å². The second-order valence-corrected chi connectivity index (χ2v) is 8.34. The Balaban J connectivity index is 0.00000300. The molecule has 1 atom stereocenters. The number of aromatic nitrogens is 1. The number of nitrogens with two attached hydrogens (primary N) is 1. The normalized spacial score (nSPS) is 16.8. The summed E-state index contributed by atoms with van der Waals surface area (Å²) in [5.74, 6) is 1.31.